The summed E-state index contributed by atoms with van der Waals surface area (Å²) in [6.45, 7) is 0. The molecule has 0 spiro atoms. The molecule has 0 saturated carbocycles. The van der Waals surface area contributed by atoms with Gasteiger partial charge in [-0.3, -0.25) is 0 Å². The first-order valence-electron chi connectivity index (χ1n) is 6.78. The van der Waals surface area contributed by atoms with Gasteiger partial charge >= 0.3 is 5.97 Å². The van der Waals surface area contributed by atoms with Gasteiger partial charge in [0.2, 0.25) is 5.54 Å². The second-order valence-electron chi connectivity index (χ2n) is 5.12. The number of aliphatic hydroxyl groups is 1. The van der Waals surface area contributed by atoms with E-state index in [9.17, 15) is 15.0 Å². The van der Waals surface area contributed by atoms with Crippen molar-refractivity contribution in [2.75, 3.05) is 0 Å². The van der Waals surface area contributed by atoms with Crippen LogP contribution in [0.3, 0.4) is 0 Å². The molecule has 0 radical (unpaired) electrons. The van der Waals surface area contributed by atoms with Crippen LogP contribution in [0, 0.1) is 0 Å². The van der Waals surface area contributed by atoms with Crippen LogP contribution in [0.1, 0.15) is 0 Å². The lowest BCUT2D eigenvalue weighted by Crippen LogP contribution is -2.63. The quantitative estimate of drug-likeness (QED) is 0.730. The van der Waals surface area contributed by atoms with Gasteiger partial charge in [-0.2, -0.15) is 0 Å². The number of benzene rings is 2. The summed E-state index contributed by atoms with van der Waals surface area (Å²) in [6, 6.07) is 15.8. The maximum absolute atomic E-state index is 11.7. The second-order valence-corrected chi connectivity index (χ2v) is 5.12. The van der Waals surface area contributed by atoms with Gasteiger partial charge in [-0.05, 0) is 23.4 Å². The van der Waals surface area contributed by atoms with Crippen LogP contribution in [-0.4, -0.2) is 27.8 Å². The van der Waals surface area contributed by atoms with E-state index < -0.39 is 17.6 Å². The zero-order valence-electron chi connectivity index (χ0n) is 11.6. The van der Waals surface area contributed by atoms with Crippen molar-refractivity contribution in [3.8, 4) is 5.75 Å². The van der Waals surface area contributed by atoms with Crippen molar-refractivity contribution in [2.45, 2.75) is 11.6 Å². The van der Waals surface area contributed by atoms with Crippen molar-refractivity contribution < 1.29 is 19.7 Å². The number of carboxylic acids is 1. The fraction of sp³-hybridized carbons (Fsp3) is 0.118. The van der Waals surface area contributed by atoms with Crippen LogP contribution in [0.4, 0.5) is 0 Å². The van der Waals surface area contributed by atoms with Crippen molar-refractivity contribution in [1.29, 1.82) is 0 Å². The third-order valence-corrected chi connectivity index (χ3v) is 3.70. The molecular formula is C17H15NO4. The van der Waals surface area contributed by atoms with Crippen molar-refractivity contribution >= 4 is 17.8 Å². The molecule has 0 amide bonds. The lowest BCUT2D eigenvalue weighted by atomic mass is 9.85. The number of fused-ring (bicyclic) bond motifs is 1. The van der Waals surface area contributed by atoms with E-state index in [2.05, 4.69) is 0 Å². The Hall–Kier alpha value is -2.63. The van der Waals surface area contributed by atoms with E-state index in [1.54, 1.807) is 48.5 Å². The Morgan fingerprint density at radius 1 is 1.09 bits per heavy atom. The van der Waals surface area contributed by atoms with Gasteiger partial charge in [0.05, 0.1) is 0 Å². The highest BCUT2D eigenvalue weighted by atomic mass is 16.5. The summed E-state index contributed by atoms with van der Waals surface area (Å²) in [7, 11) is 0. The smallest absolute Gasteiger partial charge is 0.334 e. The molecule has 0 heterocycles. The van der Waals surface area contributed by atoms with Gasteiger partial charge in [0, 0.05) is 5.22 Å². The van der Waals surface area contributed by atoms with Crippen LogP contribution in [0.2, 0.25) is 0 Å². The standard InChI is InChI=1S/C17H15NO4/c18-17(16(20)21)14(19)10-11-6-4-5-9-13(11)15(17)22-12-7-2-1-3-8-12/h1-10,14,19H,18H2,(H,20,21). The summed E-state index contributed by atoms with van der Waals surface area (Å²) in [5.41, 5.74) is 3.97. The van der Waals surface area contributed by atoms with Gasteiger partial charge in [0.15, 0.2) is 0 Å². The Kier molecular flexibility index (Phi) is 3.44. The van der Waals surface area contributed by atoms with Crippen LogP contribution in [0.5, 0.6) is 5.75 Å². The number of ether oxygens (including phenoxy) is 1. The second kappa shape index (κ2) is 5.29. The summed E-state index contributed by atoms with van der Waals surface area (Å²) in [6.07, 6.45) is 0.0417. The number of carboxylic acid groups (broad SMARTS) is 1. The summed E-state index contributed by atoms with van der Waals surface area (Å²) >= 11 is 0. The van der Waals surface area contributed by atoms with E-state index in [1.165, 1.54) is 6.08 Å². The molecule has 2 atom stereocenters. The van der Waals surface area contributed by atoms with Gasteiger partial charge in [0.1, 0.15) is 17.6 Å². The molecule has 0 aromatic heterocycles. The maximum Gasteiger partial charge on any atom is 0.334 e. The number of nitrogens with two attached hydrogens (primary N) is 1. The molecule has 112 valence electrons. The predicted octanol–water partition coefficient (Wildman–Crippen LogP) is -0.189. The molecule has 2 aromatic rings. The maximum atomic E-state index is 11.7. The van der Waals surface area contributed by atoms with Gasteiger partial charge in [-0.15, -0.1) is 0 Å². The van der Waals surface area contributed by atoms with E-state index in [0.29, 0.717) is 16.2 Å². The molecular weight excluding hydrogens is 282 g/mol. The molecule has 5 nitrogen and oxygen atoms in total. The molecule has 1 aliphatic carbocycles. The normalized spacial score (nSPS) is 23.4. The third kappa shape index (κ3) is 2.16. The van der Waals surface area contributed by atoms with Crippen LogP contribution in [0.15, 0.2) is 54.6 Å². The van der Waals surface area contributed by atoms with Crippen LogP contribution in [-0.2, 0) is 4.79 Å². The molecule has 1 aliphatic rings. The molecule has 2 unspecified atom stereocenters. The van der Waals surface area contributed by atoms with E-state index in [-0.39, 0.29) is 5.76 Å². The van der Waals surface area contributed by atoms with Crippen molar-refractivity contribution in [3.63, 3.8) is 0 Å². The molecule has 0 fully saturated rings. The molecule has 3 rings (SSSR count). The molecule has 0 saturated heterocycles. The average molecular weight is 297 g/mol. The number of hydrogen-bond acceptors (Lipinski definition) is 4. The highest BCUT2D eigenvalue weighted by Crippen LogP contribution is 2.25. The van der Waals surface area contributed by atoms with Crippen molar-refractivity contribution in [2.24, 2.45) is 5.73 Å². The molecule has 2 aromatic carbocycles. The third-order valence-electron chi connectivity index (χ3n) is 3.70. The predicted molar refractivity (Wildman–Crippen MR) is 81.2 cm³/mol. The van der Waals surface area contributed by atoms with E-state index >= 15 is 0 Å². The minimum Gasteiger partial charge on any atom is -0.479 e. The minimum atomic E-state index is -2.04. The fourth-order valence-electron chi connectivity index (χ4n) is 2.48. The van der Waals surface area contributed by atoms with Crippen molar-refractivity contribution in [3.05, 3.63) is 65.0 Å². The van der Waals surface area contributed by atoms with Crippen LogP contribution in [0.25, 0.3) is 11.8 Å². The summed E-state index contributed by atoms with van der Waals surface area (Å²) < 4.78 is 5.76. The Bertz CT molecular complexity index is 831. The molecule has 0 bridgehead atoms. The highest BCUT2D eigenvalue weighted by molar-refractivity contribution is 5.93. The van der Waals surface area contributed by atoms with Crippen molar-refractivity contribution in [1.82, 2.24) is 0 Å². The van der Waals surface area contributed by atoms with Gasteiger partial charge in [-0.25, -0.2) is 4.79 Å². The summed E-state index contributed by atoms with van der Waals surface area (Å²) in [4.78, 5) is 11.7. The lowest BCUT2D eigenvalue weighted by Gasteiger charge is -2.32. The Morgan fingerprint density at radius 3 is 2.41 bits per heavy atom. The molecule has 5 heteroatoms. The Morgan fingerprint density at radius 2 is 1.73 bits per heavy atom. The SMILES string of the molecule is NC1(C(=O)O)C(Oc2ccccc2)=c2ccccc2=CC1O. The highest BCUT2D eigenvalue weighted by Gasteiger charge is 2.48. The number of rotatable bonds is 3. The Balaban J connectivity index is 2.27. The van der Waals surface area contributed by atoms with Gasteiger partial charge in [-0.1, -0.05) is 42.5 Å². The molecule has 4 N–H and O–H groups in total. The topological polar surface area (TPSA) is 92.8 Å². The van der Waals surface area contributed by atoms with Crippen LogP contribution < -0.4 is 20.9 Å². The summed E-state index contributed by atoms with van der Waals surface area (Å²) in [5, 5.41) is 21.0. The Labute approximate surface area is 126 Å². The summed E-state index contributed by atoms with van der Waals surface area (Å²) in [5.74, 6) is -0.869. The van der Waals surface area contributed by atoms with E-state index in [0.717, 1.165) is 0 Å². The number of aliphatic carboxylic acids is 1. The van der Waals surface area contributed by atoms with E-state index in [1.807, 2.05) is 6.07 Å². The first-order chi connectivity index (χ1) is 10.5. The fourth-order valence-corrected chi connectivity index (χ4v) is 2.48. The minimum absolute atomic E-state index is 0.0248. The molecule has 0 aliphatic heterocycles. The number of hydrogen-bond donors (Lipinski definition) is 3. The number of carbonyl (C=O) groups is 1. The number of para-hydroxylation sites is 1. The monoisotopic (exact) mass is 297 g/mol. The first kappa shape index (κ1) is 14.3. The van der Waals surface area contributed by atoms with Gasteiger partial charge < -0.3 is 20.7 Å². The van der Waals surface area contributed by atoms with E-state index in [4.69, 9.17) is 10.5 Å². The lowest BCUT2D eigenvalue weighted by molar-refractivity contribution is -0.144. The largest absolute Gasteiger partial charge is 0.479 e. The zero-order valence-corrected chi connectivity index (χ0v) is 11.6. The average Bonchev–Trinajstić information content (AvgIpc) is 2.52. The zero-order chi connectivity index (χ0) is 15.7. The molecule has 22 heavy (non-hydrogen) atoms. The first-order valence-corrected chi connectivity index (χ1v) is 6.78. The van der Waals surface area contributed by atoms with Crippen LogP contribution >= 0.6 is 0 Å². The number of aliphatic hydroxyl groups excluding tert-OH is 1. The van der Waals surface area contributed by atoms with Gasteiger partial charge in [0.25, 0.3) is 0 Å².